The number of aromatic nitrogens is 2. The van der Waals surface area contributed by atoms with Gasteiger partial charge in [-0.25, -0.2) is 9.48 Å². The predicted molar refractivity (Wildman–Crippen MR) is 85.3 cm³/mol. The van der Waals surface area contributed by atoms with Gasteiger partial charge in [0.1, 0.15) is 11.4 Å². The highest BCUT2D eigenvalue weighted by Gasteiger charge is 2.12. The number of nitrogens with one attached hydrogen (secondary N) is 2. The second-order valence-electron chi connectivity index (χ2n) is 4.65. The molecule has 3 aromatic rings. The molecule has 2 aromatic carbocycles. The molecule has 1 aromatic heterocycles. The average molecular weight is 293 g/mol. The summed E-state index contributed by atoms with van der Waals surface area (Å²) in [6.45, 7) is 0. The van der Waals surface area contributed by atoms with Crippen molar-refractivity contribution in [2.75, 3.05) is 5.43 Å². The molecule has 0 saturated heterocycles. The number of para-hydroxylation sites is 1. The fraction of sp³-hybridized carbons (Fsp3) is 0. The first-order chi connectivity index (χ1) is 10.7. The molecule has 0 radical (unpaired) electrons. The summed E-state index contributed by atoms with van der Waals surface area (Å²) in [7, 11) is 0. The van der Waals surface area contributed by atoms with E-state index >= 15 is 0 Å². The number of hydrogen-bond donors (Lipinski definition) is 3. The van der Waals surface area contributed by atoms with Crippen LogP contribution in [-0.4, -0.2) is 15.8 Å². The number of carbonyl (C=O) groups excluding carboxylic acids is 1. The molecule has 0 bridgehead atoms. The van der Waals surface area contributed by atoms with Crippen molar-refractivity contribution in [2.45, 2.75) is 0 Å². The number of amides is 2. The smallest absolute Gasteiger partial charge is 0.330 e. The van der Waals surface area contributed by atoms with E-state index in [4.69, 9.17) is 5.73 Å². The van der Waals surface area contributed by atoms with Crippen molar-refractivity contribution in [1.29, 1.82) is 0 Å². The molecule has 110 valence electrons. The number of hydrazine groups is 1. The molecule has 0 saturated carbocycles. The van der Waals surface area contributed by atoms with Gasteiger partial charge >= 0.3 is 6.03 Å². The van der Waals surface area contributed by atoms with Crippen LogP contribution in [0.25, 0.3) is 16.9 Å². The lowest BCUT2D eigenvalue weighted by atomic mass is 10.1. The number of carbonyl (C=O) groups is 1. The Balaban J connectivity index is 2.03. The van der Waals surface area contributed by atoms with E-state index in [0.717, 1.165) is 16.9 Å². The SMILES string of the molecule is NC(=O)NNc1cn(-c2ccccc2)nc1-c1ccccc1. The highest BCUT2D eigenvalue weighted by molar-refractivity contribution is 5.78. The summed E-state index contributed by atoms with van der Waals surface area (Å²) in [6, 6.07) is 18.8. The van der Waals surface area contributed by atoms with Gasteiger partial charge < -0.3 is 5.73 Å². The molecule has 4 N–H and O–H groups in total. The van der Waals surface area contributed by atoms with Crippen molar-refractivity contribution in [3.63, 3.8) is 0 Å². The van der Waals surface area contributed by atoms with Gasteiger partial charge in [-0.05, 0) is 12.1 Å². The van der Waals surface area contributed by atoms with Crippen LogP contribution in [0.5, 0.6) is 0 Å². The molecule has 0 atom stereocenters. The van der Waals surface area contributed by atoms with Crippen LogP contribution < -0.4 is 16.6 Å². The van der Waals surface area contributed by atoms with Gasteiger partial charge in [0.15, 0.2) is 0 Å². The average Bonchev–Trinajstić information content (AvgIpc) is 2.99. The zero-order valence-corrected chi connectivity index (χ0v) is 11.7. The summed E-state index contributed by atoms with van der Waals surface area (Å²) in [4.78, 5) is 10.9. The number of anilines is 1. The molecule has 0 spiro atoms. The molecule has 0 fully saturated rings. The fourth-order valence-corrected chi connectivity index (χ4v) is 2.12. The third-order valence-electron chi connectivity index (χ3n) is 3.10. The van der Waals surface area contributed by atoms with Crippen molar-refractivity contribution in [1.82, 2.24) is 15.2 Å². The highest BCUT2D eigenvalue weighted by Crippen LogP contribution is 2.27. The topological polar surface area (TPSA) is 85.0 Å². The van der Waals surface area contributed by atoms with Crippen LogP contribution in [0.15, 0.2) is 66.9 Å². The molecule has 2 amide bonds. The largest absolute Gasteiger partial charge is 0.350 e. The summed E-state index contributed by atoms with van der Waals surface area (Å²) >= 11 is 0. The van der Waals surface area contributed by atoms with E-state index in [1.165, 1.54) is 0 Å². The maximum absolute atomic E-state index is 10.9. The third kappa shape index (κ3) is 2.90. The van der Waals surface area contributed by atoms with Crippen molar-refractivity contribution >= 4 is 11.7 Å². The van der Waals surface area contributed by atoms with Crippen LogP contribution in [0.3, 0.4) is 0 Å². The molecule has 0 aliphatic carbocycles. The molecular weight excluding hydrogens is 278 g/mol. The second-order valence-corrected chi connectivity index (χ2v) is 4.65. The van der Waals surface area contributed by atoms with Crippen LogP contribution in [0, 0.1) is 0 Å². The van der Waals surface area contributed by atoms with Crippen LogP contribution in [-0.2, 0) is 0 Å². The fourth-order valence-electron chi connectivity index (χ4n) is 2.12. The van der Waals surface area contributed by atoms with E-state index in [-0.39, 0.29) is 0 Å². The Bertz CT molecular complexity index is 768. The first-order valence-electron chi connectivity index (χ1n) is 6.76. The monoisotopic (exact) mass is 293 g/mol. The zero-order valence-electron chi connectivity index (χ0n) is 11.7. The van der Waals surface area contributed by atoms with Crippen molar-refractivity contribution in [2.24, 2.45) is 5.73 Å². The number of benzene rings is 2. The van der Waals surface area contributed by atoms with E-state index < -0.39 is 6.03 Å². The summed E-state index contributed by atoms with van der Waals surface area (Å²) in [5.41, 5.74) is 13.5. The molecular formula is C16H15N5O. The lowest BCUT2D eigenvalue weighted by Crippen LogP contribution is -2.34. The molecule has 6 nitrogen and oxygen atoms in total. The molecule has 0 aliphatic heterocycles. The Kier molecular flexibility index (Phi) is 3.74. The van der Waals surface area contributed by atoms with Crippen LogP contribution in [0.2, 0.25) is 0 Å². The number of hydrogen-bond acceptors (Lipinski definition) is 3. The highest BCUT2D eigenvalue weighted by atomic mass is 16.2. The minimum absolute atomic E-state index is 0.661. The summed E-state index contributed by atoms with van der Waals surface area (Å²) in [5, 5.41) is 4.59. The van der Waals surface area contributed by atoms with Gasteiger partial charge in [0.05, 0.1) is 11.9 Å². The summed E-state index contributed by atoms with van der Waals surface area (Å²) < 4.78 is 1.74. The van der Waals surface area contributed by atoms with E-state index in [2.05, 4.69) is 16.0 Å². The van der Waals surface area contributed by atoms with Gasteiger partial charge in [0.25, 0.3) is 0 Å². The van der Waals surface area contributed by atoms with Gasteiger partial charge in [-0.15, -0.1) is 0 Å². The minimum Gasteiger partial charge on any atom is -0.350 e. The number of urea groups is 1. The predicted octanol–water partition coefficient (Wildman–Crippen LogP) is 2.53. The molecule has 0 aliphatic rings. The quantitative estimate of drug-likeness (QED) is 0.646. The molecule has 0 unspecified atom stereocenters. The first-order valence-corrected chi connectivity index (χ1v) is 6.76. The molecule has 6 heteroatoms. The van der Waals surface area contributed by atoms with Crippen LogP contribution in [0.4, 0.5) is 10.5 Å². The summed E-state index contributed by atoms with van der Waals surface area (Å²) in [5.74, 6) is 0. The Morgan fingerprint density at radius 3 is 2.27 bits per heavy atom. The van der Waals surface area contributed by atoms with E-state index in [9.17, 15) is 4.79 Å². The van der Waals surface area contributed by atoms with E-state index in [0.29, 0.717) is 5.69 Å². The van der Waals surface area contributed by atoms with Gasteiger partial charge in [-0.1, -0.05) is 48.5 Å². The zero-order chi connectivity index (χ0) is 15.4. The van der Waals surface area contributed by atoms with Gasteiger partial charge in [-0.3, -0.25) is 10.9 Å². The number of nitrogens with zero attached hydrogens (tertiary/aromatic N) is 2. The Morgan fingerprint density at radius 2 is 1.64 bits per heavy atom. The number of nitrogens with two attached hydrogens (primary N) is 1. The van der Waals surface area contributed by atoms with Gasteiger partial charge in [0, 0.05) is 5.56 Å². The van der Waals surface area contributed by atoms with Crippen LogP contribution >= 0.6 is 0 Å². The maximum atomic E-state index is 10.9. The maximum Gasteiger partial charge on any atom is 0.330 e. The lowest BCUT2D eigenvalue weighted by Gasteiger charge is -2.05. The van der Waals surface area contributed by atoms with Gasteiger partial charge in [0.2, 0.25) is 0 Å². The molecule has 22 heavy (non-hydrogen) atoms. The molecule has 1 heterocycles. The van der Waals surface area contributed by atoms with Crippen LogP contribution in [0.1, 0.15) is 0 Å². The minimum atomic E-state index is -0.661. The second kappa shape index (κ2) is 6.01. The lowest BCUT2D eigenvalue weighted by molar-refractivity contribution is 0.250. The normalized spacial score (nSPS) is 10.2. The summed E-state index contributed by atoms with van der Waals surface area (Å²) in [6.07, 6.45) is 1.80. The van der Waals surface area contributed by atoms with E-state index in [1.54, 1.807) is 10.9 Å². The number of primary amides is 1. The first kappa shape index (κ1) is 13.7. The van der Waals surface area contributed by atoms with E-state index in [1.807, 2.05) is 60.7 Å². The Labute approximate surface area is 127 Å². The van der Waals surface area contributed by atoms with Crippen molar-refractivity contribution in [3.8, 4) is 16.9 Å². The van der Waals surface area contributed by atoms with Crippen molar-refractivity contribution in [3.05, 3.63) is 66.9 Å². The number of rotatable bonds is 4. The van der Waals surface area contributed by atoms with Gasteiger partial charge in [-0.2, -0.15) is 5.10 Å². The molecule has 3 rings (SSSR count). The van der Waals surface area contributed by atoms with Crippen molar-refractivity contribution < 1.29 is 4.79 Å². The third-order valence-corrected chi connectivity index (χ3v) is 3.10. The Hall–Kier alpha value is -3.28. The Morgan fingerprint density at radius 1 is 1.00 bits per heavy atom. The standard InChI is InChI=1S/C16H15N5O/c17-16(22)19-18-14-11-21(13-9-5-2-6-10-13)20-15(14)12-7-3-1-4-8-12/h1-11,18H,(H3,17,19,22).